The maximum Gasteiger partial charge on any atom is 0.242 e. The van der Waals surface area contributed by atoms with Gasteiger partial charge in [-0.1, -0.05) is 42.5 Å². The predicted molar refractivity (Wildman–Crippen MR) is 105 cm³/mol. The second-order valence-electron chi connectivity index (χ2n) is 7.46. The fraction of sp³-hybridized carbons (Fsp3) is 0.409. The molecule has 0 spiro atoms. The molecule has 2 fully saturated rings. The second kappa shape index (κ2) is 7.50. The van der Waals surface area contributed by atoms with Crippen molar-refractivity contribution in [1.82, 2.24) is 10.2 Å². The Hall–Kier alpha value is -2.33. The lowest BCUT2D eigenvalue weighted by Crippen LogP contribution is -2.51. The minimum Gasteiger partial charge on any atom is -0.369 e. The molecule has 0 aromatic heterocycles. The van der Waals surface area contributed by atoms with Gasteiger partial charge in [0.05, 0.1) is 0 Å². The van der Waals surface area contributed by atoms with Crippen molar-refractivity contribution in [2.75, 3.05) is 31.1 Å². The molecule has 4 nitrogen and oxygen atoms in total. The molecule has 0 unspecified atom stereocenters. The summed E-state index contributed by atoms with van der Waals surface area (Å²) in [5.74, 6) is 0.155. The monoisotopic (exact) mass is 349 g/mol. The number of carbonyl (C=O) groups is 1. The number of benzene rings is 2. The van der Waals surface area contributed by atoms with Crippen LogP contribution in [0.15, 0.2) is 54.6 Å². The van der Waals surface area contributed by atoms with Gasteiger partial charge >= 0.3 is 0 Å². The molecular formula is C22H27N3O. The quantitative estimate of drug-likeness (QED) is 0.901. The van der Waals surface area contributed by atoms with E-state index >= 15 is 0 Å². The fourth-order valence-electron chi connectivity index (χ4n) is 3.73. The van der Waals surface area contributed by atoms with Crippen molar-refractivity contribution >= 4 is 11.6 Å². The molecule has 4 rings (SSSR count). The Morgan fingerprint density at radius 3 is 2.38 bits per heavy atom. The third kappa shape index (κ3) is 3.91. The molecule has 0 bridgehead atoms. The molecule has 2 aliphatic rings. The molecule has 1 aliphatic heterocycles. The first-order valence-corrected chi connectivity index (χ1v) is 9.62. The van der Waals surface area contributed by atoms with Gasteiger partial charge in [-0.3, -0.25) is 9.69 Å². The van der Waals surface area contributed by atoms with E-state index in [4.69, 9.17) is 0 Å². The van der Waals surface area contributed by atoms with Crippen molar-refractivity contribution in [1.29, 1.82) is 0 Å². The van der Waals surface area contributed by atoms with Crippen molar-refractivity contribution in [3.63, 3.8) is 0 Å². The lowest BCUT2D eigenvalue weighted by atomic mass is 10.0. The van der Waals surface area contributed by atoms with Crippen molar-refractivity contribution < 1.29 is 4.79 Å². The fourth-order valence-corrected chi connectivity index (χ4v) is 3.73. The summed E-state index contributed by atoms with van der Waals surface area (Å²) in [6.07, 6.45) is 2.24. The van der Waals surface area contributed by atoms with Crippen molar-refractivity contribution in [3.05, 3.63) is 65.7 Å². The molecule has 1 aliphatic carbocycles. The van der Waals surface area contributed by atoms with Crippen molar-refractivity contribution in [2.24, 2.45) is 0 Å². The summed E-state index contributed by atoms with van der Waals surface area (Å²) < 4.78 is 0. The Kier molecular flexibility index (Phi) is 4.93. The van der Waals surface area contributed by atoms with Gasteiger partial charge in [-0.05, 0) is 43.0 Å². The molecular weight excluding hydrogens is 322 g/mol. The number of hydrogen-bond acceptors (Lipinski definition) is 3. The average molecular weight is 349 g/mol. The van der Waals surface area contributed by atoms with Crippen LogP contribution in [0.25, 0.3) is 0 Å². The van der Waals surface area contributed by atoms with E-state index in [-0.39, 0.29) is 11.9 Å². The smallest absolute Gasteiger partial charge is 0.242 e. The molecule has 2 aromatic carbocycles. The minimum atomic E-state index is -0.184. The molecule has 1 amide bonds. The van der Waals surface area contributed by atoms with E-state index in [1.807, 2.05) is 18.2 Å². The highest BCUT2D eigenvalue weighted by Crippen LogP contribution is 2.27. The van der Waals surface area contributed by atoms with Crippen LogP contribution in [0.2, 0.25) is 0 Å². The lowest BCUT2D eigenvalue weighted by molar-refractivity contribution is -0.127. The van der Waals surface area contributed by atoms with E-state index < -0.39 is 0 Å². The number of amides is 1. The molecule has 136 valence electrons. The van der Waals surface area contributed by atoms with Crippen molar-refractivity contribution in [2.45, 2.75) is 31.8 Å². The molecule has 4 heteroatoms. The van der Waals surface area contributed by atoms with Crippen LogP contribution in [-0.2, 0) is 4.79 Å². The highest BCUT2D eigenvalue weighted by Gasteiger charge is 2.33. The Bertz CT molecular complexity index is 749. The Morgan fingerprint density at radius 2 is 1.73 bits per heavy atom. The SMILES string of the molecule is Cc1cccc(N2CCN([C@H](C(=O)NC3CC3)c3ccccc3)CC2)c1. The maximum atomic E-state index is 12.9. The number of carbonyl (C=O) groups excluding carboxylic acids is 1. The molecule has 1 heterocycles. The first-order chi connectivity index (χ1) is 12.7. The van der Waals surface area contributed by atoms with Crippen LogP contribution in [-0.4, -0.2) is 43.0 Å². The van der Waals surface area contributed by atoms with Gasteiger partial charge in [0.2, 0.25) is 5.91 Å². The van der Waals surface area contributed by atoms with Gasteiger partial charge in [0, 0.05) is 37.9 Å². The Morgan fingerprint density at radius 1 is 1.00 bits per heavy atom. The van der Waals surface area contributed by atoms with Gasteiger partial charge in [-0.2, -0.15) is 0 Å². The van der Waals surface area contributed by atoms with Crippen molar-refractivity contribution in [3.8, 4) is 0 Å². The van der Waals surface area contributed by atoms with Crippen LogP contribution >= 0.6 is 0 Å². The number of piperazine rings is 1. The molecule has 26 heavy (non-hydrogen) atoms. The molecule has 1 N–H and O–H groups in total. The molecule has 2 aromatic rings. The Labute approximate surface area is 155 Å². The van der Waals surface area contributed by atoms with Gasteiger partial charge in [-0.15, -0.1) is 0 Å². The number of aryl methyl sites for hydroxylation is 1. The van der Waals surface area contributed by atoms with Crippen LogP contribution < -0.4 is 10.2 Å². The van der Waals surface area contributed by atoms with Crippen LogP contribution in [0, 0.1) is 6.92 Å². The zero-order valence-electron chi connectivity index (χ0n) is 15.4. The largest absolute Gasteiger partial charge is 0.369 e. The van der Waals surface area contributed by atoms with E-state index in [2.05, 4.69) is 58.4 Å². The van der Waals surface area contributed by atoms with Crippen LogP contribution in [0.3, 0.4) is 0 Å². The topological polar surface area (TPSA) is 35.6 Å². The van der Waals surface area contributed by atoms with E-state index in [1.165, 1.54) is 11.3 Å². The number of nitrogens with zero attached hydrogens (tertiary/aromatic N) is 2. The third-order valence-corrected chi connectivity index (χ3v) is 5.33. The van der Waals surface area contributed by atoms with Gasteiger partial charge < -0.3 is 10.2 Å². The molecule has 1 atom stereocenters. The van der Waals surface area contributed by atoms with Crippen LogP contribution in [0.4, 0.5) is 5.69 Å². The summed E-state index contributed by atoms with van der Waals surface area (Å²) >= 11 is 0. The van der Waals surface area contributed by atoms with Gasteiger partial charge in [-0.25, -0.2) is 0 Å². The lowest BCUT2D eigenvalue weighted by Gasteiger charge is -2.40. The number of nitrogens with one attached hydrogen (secondary N) is 1. The zero-order valence-corrected chi connectivity index (χ0v) is 15.4. The predicted octanol–water partition coefficient (Wildman–Crippen LogP) is 3.14. The zero-order chi connectivity index (χ0) is 17.9. The van der Waals surface area contributed by atoms with Gasteiger partial charge in [0.25, 0.3) is 0 Å². The van der Waals surface area contributed by atoms with E-state index in [0.29, 0.717) is 6.04 Å². The average Bonchev–Trinajstić information content (AvgIpc) is 3.47. The van der Waals surface area contributed by atoms with Crippen LogP contribution in [0.1, 0.15) is 30.0 Å². The highest BCUT2D eigenvalue weighted by atomic mass is 16.2. The number of hydrogen-bond donors (Lipinski definition) is 1. The highest BCUT2D eigenvalue weighted by molar-refractivity contribution is 5.83. The number of rotatable bonds is 5. The van der Waals surface area contributed by atoms with E-state index in [0.717, 1.165) is 44.6 Å². The van der Waals surface area contributed by atoms with Gasteiger partial charge in [0.1, 0.15) is 6.04 Å². The second-order valence-corrected chi connectivity index (χ2v) is 7.46. The normalized spacial score (nSPS) is 19.2. The molecule has 1 saturated carbocycles. The summed E-state index contributed by atoms with van der Waals surface area (Å²) in [6.45, 7) is 5.82. The third-order valence-electron chi connectivity index (χ3n) is 5.33. The summed E-state index contributed by atoms with van der Waals surface area (Å²) in [4.78, 5) is 17.7. The van der Waals surface area contributed by atoms with Gasteiger partial charge in [0.15, 0.2) is 0 Å². The summed E-state index contributed by atoms with van der Waals surface area (Å²) in [7, 11) is 0. The Balaban J connectivity index is 1.47. The van der Waals surface area contributed by atoms with E-state index in [9.17, 15) is 4.79 Å². The first kappa shape index (κ1) is 17.1. The standard InChI is InChI=1S/C22H27N3O/c1-17-6-5-9-20(16-17)24-12-14-25(15-13-24)21(18-7-3-2-4-8-18)22(26)23-19-10-11-19/h2-9,16,19,21H,10-15H2,1H3,(H,23,26)/t21-/m0/s1. The van der Waals surface area contributed by atoms with E-state index in [1.54, 1.807) is 0 Å². The summed E-state index contributed by atoms with van der Waals surface area (Å²) in [5, 5.41) is 3.21. The maximum absolute atomic E-state index is 12.9. The van der Waals surface area contributed by atoms with Crippen LogP contribution in [0.5, 0.6) is 0 Å². The molecule has 1 saturated heterocycles. The summed E-state index contributed by atoms with van der Waals surface area (Å²) in [6, 6.07) is 19.1. The summed E-state index contributed by atoms with van der Waals surface area (Å²) in [5.41, 5.74) is 3.66. The minimum absolute atomic E-state index is 0.155. The molecule has 0 radical (unpaired) electrons. The number of anilines is 1. The first-order valence-electron chi connectivity index (χ1n) is 9.62.